The maximum absolute atomic E-state index is 5.62. The van der Waals surface area contributed by atoms with Crippen molar-refractivity contribution < 1.29 is 4.74 Å². The third-order valence-electron chi connectivity index (χ3n) is 4.42. The minimum atomic E-state index is 0.516. The molecule has 18 heavy (non-hydrogen) atoms. The zero-order valence-electron chi connectivity index (χ0n) is 11.3. The van der Waals surface area contributed by atoms with Gasteiger partial charge in [-0.05, 0) is 62.3 Å². The lowest BCUT2D eigenvalue weighted by atomic mass is 9.83. The van der Waals surface area contributed by atoms with Gasteiger partial charge < -0.3 is 10.1 Å². The van der Waals surface area contributed by atoms with Gasteiger partial charge in [0, 0.05) is 11.6 Å². The minimum absolute atomic E-state index is 0.516. The summed E-state index contributed by atoms with van der Waals surface area (Å²) in [6.45, 7) is 1.15. The molecule has 2 nitrogen and oxygen atoms in total. The highest BCUT2D eigenvalue weighted by Gasteiger charge is 2.24. The van der Waals surface area contributed by atoms with Crippen LogP contribution in [0.25, 0.3) is 0 Å². The zero-order chi connectivity index (χ0) is 12.4. The lowest BCUT2D eigenvalue weighted by Crippen LogP contribution is -2.28. The van der Waals surface area contributed by atoms with Crippen molar-refractivity contribution in [3.8, 4) is 5.75 Å². The predicted molar refractivity (Wildman–Crippen MR) is 74.2 cm³/mol. The van der Waals surface area contributed by atoms with Gasteiger partial charge in [0.25, 0.3) is 0 Å². The predicted octanol–water partition coefficient (Wildman–Crippen LogP) is 3.39. The SMILES string of the molecule is COc1ccc2c(c1C1CCCCN1)CCCC2. The van der Waals surface area contributed by atoms with Crippen molar-refractivity contribution >= 4 is 0 Å². The van der Waals surface area contributed by atoms with Gasteiger partial charge in [-0.15, -0.1) is 0 Å². The number of aryl methyl sites for hydroxylation is 1. The Hall–Kier alpha value is -1.02. The standard InChI is InChI=1S/C16H23NO/c1-18-15-10-9-12-6-2-3-7-13(12)16(15)14-8-4-5-11-17-14/h9-10,14,17H,2-8,11H2,1H3. The summed E-state index contributed by atoms with van der Waals surface area (Å²) in [4.78, 5) is 0. The smallest absolute Gasteiger partial charge is 0.123 e. The molecular formula is C16H23NO. The second-order valence-corrected chi connectivity index (χ2v) is 5.53. The summed E-state index contributed by atoms with van der Waals surface area (Å²) in [5.74, 6) is 1.09. The topological polar surface area (TPSA) is 21.3 Å². The van der Waals surface area contributed by atoms with E-state index in [1.807, 2.05) is 0 Å². The minimum Gasteiger partial charge on any atom is -0.496 e. The van der Waals surface area contributed by atoms with Crippen molar-refractivity contribution in [2.45, 2.75) is 51.0 Å². The summed E-state index contributed by atoms with van der Waals surface area (Å²) in [5, 5.41) is 3.68. The molecule has 0 spiro atoms. The number of benzene rings is 1. The number of rotatable bonds is 2. The van der Waals surface area contributed by atoms with Gasteiger partial charge in [-0.2, -0.15) is 0 Å². The highest BCUT2D eigenvalue weighted by atomic mass is 16.5. The molecule has 0 bridgehead atoms. The lowest BCUT2D eigenvalue weighted by molar-refractivity contribution is 0.370. The van der Waals surface area contributed by atoms with Crippen molar-refractivity contribution in [3.05, 3.63) is 28.8 Å². The Morgan fingerprint density at radius 2 is 2.00 bits per heavy atom. The van der Waals surface area contributed by atoms with Crippen LogP contribution < -0.4 is 10.1 Å². The van der Waals surface area contributed by atoms with Gasteiger partial charge in [0.05, 0.1) is 7.11 Å². The first-order valence-corrected chi connectivity index (χ1v) is 7.32. The Morgan fingerprint density at radius 3 is 2.78 bits per heavy atom. The van der Waals surface area contributed by atoms with Crippen LogP contribution in [0, 0.1) is 0 Å². The Kier molecular flexibility index (Phi) is 3.55. The summed E-state index contributed by atoms with van der Waals surface area (Å²) >= 11 is 0. The van der Waals surface area contributed by atoms with Crippen molar-refractivity contribution in [2.24, 2.45) is 0 Å². The Labute approximate surface area is 110 Å². The number of piperidine rings is 1. The van der Waals surface area contributed by atoms with Gasteiger partial charge in [-0.3, -0.25) is 0 Å². The van der Waals surface area contributed by atoms with Crippen molar-refractivity contribution in [3.63, 3.8) is 0 Å². The summed E-state index contributed by atoms with van der Waals surface area (Å²) in [5.41, 5.74) is 4.61. The monoisotopic (exact) mass is 245 g/mol. The maximum atomic E-state index is 5.62. The summed E-state index contributed by atoms with van der Waals surface area (Å²) in [7, 11) is 1.80. The van der Waals surface area contributed by atoms with Gasteiger partial charge in [0.2, 0.25) is 0 Å². The fourth-order valence-electron chi connectivity index (χ4n) is 3.49. The summed E-state index contributed by atoms with van der Waals surface area (Å²) < 4.78 is 5.62. The second kappa shape index (κ2) is 5.31. The van der Waals surface area contributed by atoms with E-state index in [1.165, 1.54) is 50.5 Å². The molecule has 1 unspecified atom stereocenters. The average Bonchev–Trinajstić information content (AvgIpc) is 2.47. The molecule has 98 valence electrons. The Bertz CT molecular complexity index is 421. The van der Waals surface area contributed by atoms with E-state index >= 15 is 0 Å². The highest BCUT2D eigenvalue weighted by Crippen LogP contribution is 2.37. The molecule has 1 saturated heterocycles. The number of hydrogen-bond donors (Lipinski definition) is 1. The van der Waals surface area contributed by atoms with E-state index < -0.39 is 0 Å². The van der Waals surface area contributed by atoms with Gasteiger partial charge >= 0.3 is 0 Å². The molecule has 1 heterocycles. The normalized spacial score (nSPS) is 23.5. The first-order chi connectivity index (χ1) is 8.90. The average molecular weight is 245 g/mol. The van der Waals surface area contributed by atoms with Gasteiger partial charge in [-0.1, -0.05) is 12.5 Å². The molecule has 2 heteroatoms. The van der Waals surface area contributed by atoms with Crippen molar-refractivity contribution in [1.29, 1.82) is 0 Å². The largest absolute Gasteiger partial charge is 0.496 e. The fraction of sp³-hybridized carbons (Fsp3) is 0.625. The van der Waals surface area contributed by atoms with Gasteiger partial charge in [-0.25, -0.2) is 0 Å². The quantitative estimate of drug-likeness (QED) is 0.862. The first kappa shape index (κ1) is 12.0. The van der Waals surface area contributed by atoms with Crippen LogP contribution in [-0.2, 0) is 12.8 Å². The van der Waals surface area contributed by atoms with Crippen LogP contribution in [0.15, 0.2) is 12.1 Å². The van der Waals surface area contributed by atoms with E-state index in [0.717, 1.165) is 12.3 Å². The maximum Gasteiger partial charge on any atom is 0.123 e. The van der Waals surface area contributed by atoms with E-state index in [4.69, 9.17) is 4.74 Å². The van der Waals surface area contributed by atoms with Crippen LogP contribution in [-0.4, -0.2) is 13.7 Å². The van der Waals surface area contributed by atoms with Crippen molar-refractivity contribution in [1.82, 2.24) is 5.32 Å². The molecule has 2 aliphatic rings. The number of hydrogen-bond acceptors (Lipinski definition) is 2. The van der Waals surface area contributed by atoms with Crippen LogP contribution in [0.3, 0.4) is 0 Å². The summed E-state index contributed by atoms with van der Waals surface area (Å²) in [6.07, 6.45) is 9.07. The molecule has 1 N–H and O–H groups in total. The van der Waals surface area contributed by atoms with Crippen molar-refractivity contribution in [2.75, 3.05) is 13.7 Å². The van der Waals surface area contributed by atoms with E-state index in [1.54, 1.807) is 18.2 Å². The molecule has 0 amide bonds. The first-order valence-electron chi connectivity index (χ1n) is 7.32. The van der Waals surface area contributed by atoms with Crippen LogP contribution in [0.1, 0.15) is 54.8 Å². The number of methoxy groups -OCH3 is 1. The molecule has 1 atom stereocenters. The molecule has 3 rings (SSSR count). The number of fused-ring (bicyclic) bond motifs is 1. The molecule has 1 aliphatic carbocycles. The third kappa shape index (κ3) is 2.14. The fourth-order valence-corrected chi connectivity index (χ4v) is 3.49. The third-order valence-corrected chi connectivity index (χ3v) is 4.42. The van der Waals surface area contributed by atoms with Gasteiger partial charge in [0.1, 0.15) is 5.75 Å². The van der Waals surface area contributed by atoms with Crippen LogP contribution in [0.4, 0.5) is 0 Å². The number of nitrogens with one attached hydrogen (secondary N) is 1. The number of ether oxygens (including phenoxy) is 1. The van der Waals surface area contributed by atoms with E-state index in [0.29, 0.717) is 6.04 Å². The van der Waals surface area contributed by atoms with E-state index in [2.05, 4.69) is 17.4 Å². The Morgan fingerprint density at radius 1 is 1.11 bits per heavy atom. The Balaban J connectivity index is 2.03. The molecule has 1 aliphatic heterocycles. The molecule has 0 radical (unpaired) electrons. The zero-order valence-corrected chi connectivity index (χ0v) is 11.3. The molecular weight excluding hydrogens is 222 g/mol. The molecule has 1 aromatic rings. The summed E-state index contributed by atoms with van der Waals surface area (Å²) in [6, 6.07) is 4.97. The van der Waals surface area contributed by atoms with Crippen LogP contribution >= 0.6 is 0 Å². The molecule has 0 saturated carbocycles. The van der Waals surface area contributed by atoms with Crippen LogP contribution in [0.2, 0.25) is 0 Å². The highest BCUT2D eigenvalue weighted by molar-refractivity contribution is 5.48. The van der Waals surface area contributed by atoms with E-state index in [9.17, 15) is 0 Å². The molecule has 0 aromatic heterocycles. The van der Waals surface area contributed by atoms with Gasteiger partial charge in [0.15, 0.2) is 0 Å². The lowest BCUT2D eigenvalue weighted by Gasteiger charge is -2.30. The molecule has 1 aromatic carbocycles. The van der Waals surface area contributed by atoms with E-state index in [-0.39, 0.29) is 0 Å². The molecule has 1 fully saturated rings. The van der Waals surface area contributed by atoms with Crippen LogP contribution in [0.5, 0.6) is 5.75 Å². The second-order valence-electron chi connectivity index (χ2n) is 5.53.